The van der Waals surface area contributed by atoms with Crippen LogP contribution in [0.4, 0.5) is 9.18 Å². The van der Waals surface area contributed by atoms with Gasteiger partial charge < -0.3 is 14.4 Å². The average Bonchev–Trinajstić information content (AvgIpc) is 3.23. The summed E-state index contributed by atoms with van der Waals surface area (Å²) in [7, 11) is -4.20. The van der Waals surface area contributed by atoms with E-state index in [1.54, 1.807) is 25.7 Å². The second-order valence-electron chi connectivity index (χ2n) is 11.4. The fourth-order valence-corrected chi connectivity index (χ4v) is 7.67. The number of nitrogens with one attached hydrogen (secondary N) is 1. The lowest BCUT2D eigenvalue weighted by Crippen LogP contribution is -2.53. The number of rotatable bonds is 5. The van der Waals surface area contributed by atoms with Crippen molar-refractivity contribution in [3.8, 4) is 0 Å². The smallest absolute Gasteiger partial charge is 0.410 e. The molecular weight excluding hydrogens is 503 g/mol. The Morgan fingerprint density at radius 1 is 1.08 bits per heavy atom. The minimum Gasteiger partial charge on any atom is -0.444 e. The van der Waals surface area contributed by atoms with E-state index in [9.17, 15) is 22.4 Å². The molecule has 0 radical (unpaired) electrons. The number of hydroxylamine groups is 1. The molecule has 1 saturated carbocycles. The molecular formula is C26H37FN2O7S. The normalized spacial score (nSPS) is 26.2. The van der Waals surface area contributed by atoms with Gasteiger partial charge >= 0.3 is 6.09 Å². The van der Waals surface area contributed by atoms with Crippen LogP contribution in [0.15, 0.2) is 29.2 Å². The highest BCUT2D eigenvalue weighted by Crippen LogP contribution is 2.55. The molecule has 2 aliphatic heterocycles. The summed E-state index contributed by atoms with van der Waals surface area (Å²) < 4.78 is 50.7. The molecule has 1 N–H and O–H groups in total. The van der Waals surface area contributed by atoms with Crippen molar-refractivity contribution in [3.05, 3.63) is 30.1 Å². The zero-order chi connectivity index (χ0) is 26.9. The highest BCUT2D eigenvalue weighted by molar-refractivity contribution is 7.93. The zero-order valence-corrected chi connectivity index (χ0v) is 22.6. The molecule has 2 saturated heterocycles. The van der Waals surface area contributed by atoms with Crippen LogP contribution in [-0.2, 0) is 28.9 Å². The first-order valence-electron chi connectivity index (χ1n) is 12.9. The van der Waals surface area contributed by atoms with Gasteiger partial charge in [-0.1, -0.05) is 0 Å². The number of nitrogens with zero attached hydrogens (tertiary/aromatic N) is 1. The van der Waals surface area contributed by atoms with E-state index in [0.29, 0.717) is 45.4 Å². The summed E-state index contributed by atoms with van der Waals surface area (Å²) in [6, 6.07) is 4.55. The maximum absolute atomic E-state index is 14.0. The molecule has 1 aromatic rings. The Bertz CT molecular complexity index is 1090. The summed E-state index contributed by atoms with van der Waals surface area (Å²) >= 11 is 0. The third-order valence-corrected chi connectivity index (χ3v) is 10.1. The highest BCUT2D eigenvalue weighted by atomic mass is 32.2. The number of sulfone groups is 1. The molecule has 9 nitrogen and oxygen atoms in total. The van der Waals surface area contributed by atoms with E-state index < -0.39 is 49.7 Å². The van der Waals surface area contributed by atoms with E-state index >= 15 is 0 Å². The van der Waals surface area contributed by atoms with Crippen LogP contribution in [0, 0.1) is 11.2 Å². The SMILES string of the molecule is CC(C)(C)OC(=O)N1CCC2(CC1)CCC(C(=O)NOC1CCCCO1)(S(=O)(=O)c1ccc(F)cc1)C2. The van der Waals surface area contributed by atoms with E-state index in [0.717, 1.165) is 25.0 Å². The first-order valence-corrected chi connectivity index (χ1v) is 14.4. The number of carbonyl (C=O) groups is 2. The number of piperidine rings is 1. The van der Waals surface area contributed by atoms with Crippen LogP contribution in [0.2, 0.25) is 0 Å². The van der Waals surface area contributed by atoms with Crippen molar-refractivity contribution in [2.24, 2.45) is 5.41 Å². The maximum atomic E-state index is 14.0. The monoisotopic (exact) mass is 540 g/mol. The van der Waals surface area contributed by atoms with Gasteiger partial charge in [-0.2, -0.15) is 0 Å². The molecule has 1 aliphatic carbocycles. The Labute approximate surface area is 217 Å². The highest BCUT2D eigenvalue weighted by Gasteiger charge is 2.61. The van der Waals surface area contributed by atoms with Crippen molar-refractivity contribution in [2.75, 3.05) is 19.7 Å². The van der Waals surface area contributed by atoms with Crippen LogP contribution < -0.4 is 5.48 Å². The first kappa shape index (κ1) is 27.8. The van der Waals surface area contributed by atoms with Gasteiger partial charge in [0.15, 0.2) is 20.9 Å². The Hall–Kier alpha value is -2.24. The summed E-state index contributed by atoms with van der Waals surface area (Å²) in [4.78, 5) is 33.2. The van der Waals surface area contributed by atoms with E-state index in [-0.39, 0.29) is 17.7 Å². The molecule has 2 unspecified atom stereocenters. The lowest BCUT2D eigenvalue weighted by atomic mass is 9.76. The van der Waals surface area contributed by atoms with Crippen molar-refractivity contribution in [2.45, 2.75) is 93.7 Å². The summed E-state index contributed by atoms with van der Waals surface area (Å²) in [6.07, 6.45) is 3.14. The van der Waals surface area contributed by atoms with E-state index in [2.05, 4.69) is 5.48 Å². The molecule has 1 spiro atoms. The van der Waals surface area contributed by atoms with Crippen LogP contribution in [0.1, 0.15) is 72.1 Å². The van der Waals surface area contributed by atoms with Crippen LogP contribution in [0.3, 0.4) is 0 Å². The minimum atomic E-state index is -4.20. The number of ether oxygens (including phenoxy) is 2. The third kappa shape index (κ3) is 5.93. The molecule has 0 bridgehead atoms. The van der Waals surface area contributed by atoms with Crippen molar-refractivity contribution in [1.29, 1.82) is 0 Å². The fraction of sp³-hybridized carbons (Fsp3) is 0.692. The fourth-order valence-electron chi connectivity index (χ4n) is 5.57. The van der Waals surface area contributed by atoms with Gasteiger partial charge in [0.05, 0.1) is 4.90 Å². The second kappa shape index (κ2) is 10.5. The molecule has 2 amide bonds. The number of amides is 2. The molecule has 2 atom stereocenters. The number of carbonyl (C=O) groups excluding carboxylic acids is 2. The average molecular weight is 541 g/mol. The van der Waals surface area contributed by atoms with Gasteiger partial charge in [-0.25, -0.2) is 27.9 Å². The van der Waals surface area contributed by atoms with Gasteiger partial charge in [0.25, 0.3) is 5.91 Å². The van der Waals surface area contributed by atoms with Gasteiger partial charge in [-0.3, -0.25) is 4.79 Å². The quantitative estimate of drug-likeness (QED) is 0.442. The van der Waals surface area contributed by atoms with Gasteiger partial charge in [-0.05, 0) is 95.4 Å². The number of hydrogen-bond acceptors (Lipinski definition) is 7. The van der Waals surface area contributed by atoms with Crippen molar-refractivity contribution >= 4 is 21.8 Å². The number of halogens is 1. The third-order valence-electron chi connectivity index (χ3n) is 7.67. The molecule has 11 heteroatoms. The van der Waals surface area contributed by atoms with Gasteiger partial charge in [0.1, 0.15) is 11.4 Å². The topological polar surface area (TPSA) is 111 Å². The molecule has 37 heavy (non-hydrogen) atoms. The Kier molecular flexibility index (Phi) is 7.88. The number of hydrogen-bond donors (Lipinski definition) is 1. The summed E-state index contributed by atoms with van der Waals surface area (Å²) in [5, 5.41) is 0. The summed E-state index contributed by atoms with van der Waals surface area (Å²) in [5.41, 5.74) is 1.34. The van der Waals surface area contributed by atoms with Crippen LogP contribution in [-0.4, -0.2) is 61.7 Å². The van der Waals surface area contributed by atoms with Crippen LogP contribution >= 0.6 is 0 Å². The largest absolute Gasteiger partial charge is 0.444 e. The Balaban J connectivity index is 1.55. The lowest BCUT2D eigenvalue weighted by Gasteiger charge is -2.40. The predicted molar refractivity (Wildman–Crippen MR) is 132 cm³/mol. The molecule has 3 aliphatic rings. The van der Waals surface area contributed by atoms with Crippen LogP contribution in [0.25, 0.3) is 0 Å². The Morgan fingerprint density at radius 3 is 2.35 bits per heavy atom. The predicted octanol–water partition coefficient (Wildman–Crippen LogP) is 4.11. The van der Waals surface area contributed by atoms with Crippen molar-refractivity contribution in [1.82, 2.24) is 10.4 Å². The standard InChI is InChI=1S/C26H37FN2O7S/c1-24(2,3)35-23(31)29-15-13-25(14-16-29)11-12-26(18-25,22(30)28-36-21-6-4-5-17-34-21)37(32,33)20-9-7-19(27)8-10-20/h7-10,21H,4-6,11-18H2,1-3H3,(H,28,30). The van der Waals surface area contributed by atoms with Gasteiger partial charge in [0, 0.05) is 26.1 Å². The van der Waals surface area contributed by atoms with E-state index in [1.165, 1.54) is 12.1 Å². The lowest BCUT2D eigenvalue weighted by molar-refractivity contribution is -0.201. The number of likely N-dealkylation sites (tertiary alicyclic amines) is 1. The van der Waals surface area contributed by atoms with Gasteiger partial charge in [0.2, 0.25) is 0 Å². The van der Waals surface area contributed by atoms with Crippen LogP contribution in [0.5, 0.6) is 0 Å². The second-order valence-corrected chi connectivity index (χ2v) is 13.7. The number of benzene rings is 1. The minimum absolute atomic E-state index is 0.0859. The maximum Gasteiger partial charge on any atom is 0.410 e. The van der Waals surface area contributed by atoms with Crippen molar-refractivity contribution < 1.29 is 36.7 Å². The molecule has 0 aromatic heterocycles. The molecule has 206 valence electrons. The molecule has 3 fully saturated rings. The zero-order valence-electron chi connectivity index (χ0n) is 21.8. The Morgan fingerprint density at radius 2 is 1.76 bits per heavy atom. The molecule has 1 aromatic carbocycles. The van der Waals surface area contributed by atoms with E-state index in [1.807, 2.05) is 0 Å². The summed E-state index contributed by atoms with van der Waals surface area (Å²) in [6.45, 7) is 6.76. The van der Waals surface area contributed by atoms with Crippen molar-refractivity contribution in [3.63, 3.8) is 0 Å². The molecule has 4 rings (SSSR count). The van der Waals surface area contributed by atoms with Gasteiger partial charge in [-0.15, -0.1) is 0 Å². The first-order chi connectivity index (χ1) is 17.4. The summed E-state index contributed by atoms with van der Waals surface area (Å²) in [5.74, 6) is -1.30. The molecule has 2 heterocycles. The van der Waals surface area contributed by atoms with E-state index in [4.69, 9.17) is 14.3 Å².